The number of nitrogen functional groups attached to an aromatic ring is 1. The number of nitrogens with two attached hydrogens (primary N) is 2. The van der Waals surface area contributed by atoms with Crippen LogP contribution in [0.4, 0.5) is 5.69 Å². The number of H-pyrrole nitrogens is 1. The lowest BCUT2D eigenvalue weighted by molar-refractivity contribution is -0.138. The Morgan fingerprint density at radius 2 is 1.92 bits per heavy atom. The minimum absolute atomic E-state index is 0.230. The predicted octanol–water partition coefficient (Wildman–Crippen LogP) is 2.79. The average molecular weight is 326 g/mol. The molecule has 0 spiro atoms. The Bertz CT molecular complexity index is 828. The molecule has 6 N–H and O–H groups in total. The normalized spacial score (nSPS) is 11.6. The van der Waals surface area contributed by atoms with Gasteiger partial charge in [0.25, 0.3) is 0 Å². The van der Waals surface area contributed by atoms with Crippen molar-refractivity contribution in [2.75, 3.05) is 5.73 Å². The van der Waals surface area contributed by atoms with Crippen molar-refractivity contribution in [3.05, 3.63) is 48.4 Å². The van der Waals surface area contributed by atoms with Crippen LogP contribution >= 0.6 is 0 Å². The predicted molar refractivity (Wildman–Crippen MR) is 96.6 cm³/mol. The molecule has 0 saturated heterocycles. The maximum atomic E-state index is 10.9. The summed E-state index contributed by atoms with van der Waals surface area (Å²) in [5.41, 5.74) is 16.0. The van der Waals surface area contributed by atoms with Gasteiger partial charge in [-0.1, -0.05) is 13.8 Å². The summed E-state index contributed by atoms with van der Waals surface area (Å²) in [5.74, 6) is -1.03. The number of hydrogen-bond acceptors (Lipinski definition) is 4. The number of rotatable bonds is 4. The number of nitrogens with zero attached hydrogens (tertiary/aromatic N) is 1. The fourth-order valence-corrected chi connectivity index (χ4v) is 2.57. The van der Waals surface area contributed by atoms with Gasteiger partial charge in [-0.3, -0.25) is 9.78 Å². The van der Waals surface area contributed by atoms with E-state index in [1.165, 1.54) is 0 Å². The molecule has 6 heteroatoms. The summed E-state index contributed by atoms with van der Waals surface area (Å²) in [7, 11) is 0. The number of aliphatic carboxylic acids is 1. The molecule has 126 valence electrons. The van der Waals surface area contributed by atoms with Gasteiger partial charge in [-0.25, -0.2) is 0 Å². The van der Waals surface area contributed by atoms with Crippen LogP contribution in [-0.2, 0) is 11.2 Å². The highest BCUT2D eigenvalue weighted by atomic mass is 16.4. The number of pyridine rings is 1. The maximum absolute atomic E-state index is 10.9. The summed E-state index contributed by atoms with van der Waals surface area (Å²) < 4.78 is 0. The zero-order valence-electron chi connectivity index (χ0n) is 13.8. The van der Waals surface area contributed by atoms with Crippen molar-refractivity contribution in [1.82, 2.24) is 9.97 Å². The monoisotopic (exact) mass is 326 g/mol. The number of aromatic amines is 1. The van der Waals surface area contributed by atoms with E-state index in [0.29, 0.717) is 5.69 Å². The maximum Gasteiger partial charge on any atom is 0.320 e. The van der Waals surface area contributed by atoms with Crippen molar-refractivity contribution >= 4 is 22.6 Å². The summed E-state index contributed by atoms with van der Waals surface area (Å²) in [6.07, 6.45) is 5.44. The number of nitrogens with one attached hydrogen (secondary N) is 1. The molecule has 3 aromatic rings. The topological polar surface area (TPSA) is 118 Å². The summed E-state index contributed by atoms with van der Waals surface area (Å²) in [6, 6.07) is 6.73. The molecule has 1 atom stereocenters. The lowest BCUT2D eigenvalue weighted by atomic mass is 10.00. The van der Waals surface area contributed by atoms with Gasteiger partial charge in [0.1, 0.15) is 6.04 Å². The Labute approximate surface area is 140 Å². The minimum atomic E-state index is -1.03. The summed E-state index contributed by atoms with van der Waals surface area (Å²) in [6.45, 7) is 4.00. The lowest BCUT2D eigenvalue weighted by Gasteiger charge is -2.08. The molecule has 0 saturated carbocycles. The first-order valence-corrected chi connectivity index (χ1v) is 7.84. The van der Waals surface area contributed by atoms with Gasteiger partial charge in [0.15, 0.2) is 0 Å². The first kappa shape index (κ1) is 17.5. The SMILES string of the molecule is CC.Nc1cc(-c2ccncc2)cc2[nH]cc(CC(N)C(=O)O)c12. The molecule has 0 bridgehead atoms. The zero-order chi connectivity index (χ0) is 17.7. The van der Waals surface area contributed by atoms with E-state index in [0.717, 1.165) is 27.6 Å². The van der Waals surface area contributed by atoms with E-state index in [9.17, 15) is 4.79 Å². The van der Waals surface area contributed by atoms with Crippen molar-refractivity contribution in [3.63, 3.8) is 0 Å². The van der Waals surface area contributed by atoms with E-state index >= 15 is 0 Å². The molecule has 0 fully saturated rings. The number of carbonyl (C=O) groups is 1. The van der Waals surface area contributed by atoms with Crippen LogP contribution in [0.2, 0.25) is 0 Å². The molecule has 1 unspecified atom stereocenters. The fraction of sp³-hybridized carbons (Fsp3) is 0.222. The molecular formula is C18H22N4O2. The van der Waals surface area contributed by atoms with Crippen LogP contribution in [0.3, 0.4) is 0 Å². The minimum Gasteiger partial charge on any atom is -0.480 e. The van der Waals surface area contributed by atoms with Gasteiger partial charge >= 0.3 is 5.97 Å². The number of fused-ring (bicyclic) bond motifs is 1. The Morgan fingerprint density at radius 1 is 1.25 bits per heavy atom. The van der Waals surface area contributed by atoms with Gasteiger partial charge in [-0.2, -0.15) is 0 Å². The van der Waals surface area contributed by atoms with Crippen molar-refractivity contribution in [2.45, 2.75) is 26.3 Å². The highest BCUT2D eigenvalue weighted by Crippen LogP contribution is 2.31. The molecular weight excluding hydrogens is 304 g/mol. The van der Waals surface area contributed by atoms with Gasteiger partial charge in [-0.15, -0.1) is 0 Å². The molecule has 2 aromatic heterocycles. The Hall–Kier alpha value is -2.86. The van der Waals surface area contributed by atoms with E-state index in [-0.39, 0.29) is 6.42 Å². The summed E-state index contributed by atoms with van der Waals surface area (Å²) >= 11 is 0. The van der Waals surface area contributed by atoms with Crippen LogP contribution in [-0.4, -0.2) is 27.1 Å². The van der Waals surface area contributed by atoms with Gasteiger partial charge < -0.3 is 21.6 Å². The molecule has 0 aliphatic rings. The van der Waals surface area contributed by atoms with Crippen molar-refractivity contribution in [3.8, 4) is 11.1 Å². The van der Waals surface area contributed by atoms with E-state index in [2.05, 4.69) is 9.97 Å². The third-order valence-corrected chi connectivity index (χ3v) is 3.66. The van der Waals surface area contributed by atoms with E-state index in [1.807, 2.05) is 38.1 Å². The molecule has 1 aromatic carbocycles. The number of carboxylic acids is 1. The zero-order valence-corrected chi connectivity index (χ0v) is 13.8. The molecule has 3 rings (SSSR count). The van der Waals surface area contributed by atoms with E-state index < -0.39 is 12.0 Å². The average Bonchev–Trinajstić information content (AvgIpc) is 3.00. The fourth-order valence-electron chi connectivity index (χ4n) is 2.57. The number of anilines is 1. The first-order chi connectivity index (χ1) is 11.6. The molecule has 0 aliphatic heterocycles. The Morgan fingerprint density at radius 3 is 2.54 bits per heavy atom. The van der Waals surface area contributed by atoms with Gasteiger partial charge in [-0.05, 0) is 41.0 Å². The Balaban J connectivity index is 0.00000100. The second-order valence-corrected chi connectivity index (χ2v) is 5.19. The molecule has 2 heterocycles. The van der Waals surface area contributed by atoms with Gasteiger partial charge in [0, 0.05) is 41.6 Å². The second-order valence-electron chi connectivity index (χ2n) is 5.19. The highest BCUT2D eigenvalue weighted by molar-refractivity contribution is 5.97. The van der Waals surface area contributed by atoms with Crippen LogP contribution in [0.1, 0.15) is 19.4 Å². The van der Waals surface area contributed by atoms with Crippen molar-refractivity contribution < 1.29 is 9.90 Å². The van der Waals surface area contributed by atoms with Crippen molar-refractivity contribution in [2.24, 2.45) is 5.73 Å². The number of benzene rings is 1. The van der Waals surface area contributed by atoms with E-state index in [1.54, 1.807) is 18.6 Å². The van der Waals surface area contributed by atoms with Crippen LogP contribution < -0.4 is 11.5 Å². The standard InChI is InChI=1S/C16H16N4O2.C2H6/c17-12-5-10(9-1-3-19-4-2-9)7-14-15(12)11(8-20-14)6-13(18)16(21)22;1-2/h1-5,7-8,13,20H,6,17-18H2,(H,21,22);1-2H3. The lowest BCUT2D eigenvalue weighted by Crippen LogP contribution is -2.32. The number of carboxylic acid groups (broad SMARTS) is 1. The smallest absolute Gasteiger partial charge is 0.320 e. The third kappa shape index (κ3) is 3.55. The van der Waals surface area contributed by atoms with E-state index in [4.69, 9.17) is 16.6 Å². The van der Waals surface area contributed by atoms with Crippen LogP contribution in [0.5, 0.6) is 0 Å². The quantitative estimate of drug-likeness (QED) is 0.550. The van der Waals surface area contributed by atoms with Crippen LogP contribution in [0, 0.1) is 0 Å². The van der Waals surface area contributed by atoms with Crippen LogP contribution in [0.15, 0.2) is 42.9 Å². The van der Waals surface area contributed by atoms with Crippen molar-refractivity contribution in [1.29, 1.82) is 0 Å². The largest absolute Gasteiger partial charge is 0.480 e. The summed E-state index contributed by atoms with van der Waals surface area (Å²) in [4.78, 5) is 18.1. The van der Waals surface area contributed by atoms with Gasteiger partial charge in [0.2, 0.25) is 0 Å². The molecule has 24 heavy (non-hydrogen) atoms. The summed E-state index contributed by atoms with van der Waals surface area (Å²) in [5, 5.41) is 9.77. The molecule has 6 nitrogen and oxygen atoms in total. The van der Waals surface area contributed by atoms with Gasteiger partial charge in [0.05, 0.1) is 0 Å². The molecule has 0 amide bonds. The third-order valence-electron chi connectivity index (χ3n) is 3.66. The number of hydrogen-bond donors (Lipinski definition) is 4. The molecule has 0 aliphatic carbocycles. The molecule has 0 radical (unpaired) electrons. The Kier molecular flexibility index (Phi) is 5.55. The highest BCUT2D eigenvalue weighted by Gasteiger charge is 2.16. The van der Waals surface area contributed by atoms with Crippen LogP contribution in [0.25, 0.3) is 22.0 Å². The number of aromatic nitrogens is 2. The second kappa shape index (κ2) is 7.61. The first-order valence-electron chi connectivity index (χ1n) is 7.84.